The Morgan fingerprint density at radius 3 is 2.77 bits per heavy atom. The first-order chi connectivity index (χ1) is 15.0. The summed E-state index contributed by atoms with van der Waals surface area (Å²) in [5.74, 6) is -0.111. The smallest absolute Gasteiger partial charge is 0.228 e. The number of amides is 1. The van der Waals surface area contributed by atoms with E-state index in [0.29, 0.717) is 38.6 Å². The number of halogens is 1. The molecule has 1 aliphatic rings. The molecule has 4 aromatic rings. The second-order valence-corrected chi connectivity index (χ2v) is 7.84. The lowest BCUT2D eigenvalue weighted by atomic mass is 9.92. The fraction of sp³-hybridized carbons (Fsp3) is 0.0833. The SMILES string of the molecule is Cc1c(C#N)cccc1-c1nc2[nH]ccc(=O)c2cc1-c1cc(Cl)c2c(c1)CC(=O)N2. The van der Waals surface area contributed by atoms with E-state index in [2.05, 4.69) is 16.4 Å². The highest BCUT2D eigenvalue weighted by molar-refractivity contribution is 6.35. The second kappa shape index (κ2) is 7.08. The number of carbonyl (C=O) groups excluding carboxylic acids is 1. The predicted molar refractivity (Wildman–Crippen MR) is 120 cm³/mol. The average molecular weight is 427 g/mol. The summed E-state index contributed by atoms with van der Waals surface area (Å²) in [6.45, 7) is 1.87. The molecule has 5 rings (SSSR count). The maximum Gasteiger partial charge on any atom is 0.228 e. The molecule has 31 heavy (non-hydrogen) atoms. The molecule has 0 saturated carbocycles. The first-order valence-electron chi connectivity index (χ1n) is 9.61. The summed E-state index contributed by atoms with van der Waals surface area (Å²) in [6.07, 6.45) is 1.80. The van der Waals surface area contributed by atoms with Gasteiger partial charge in [-0.25, -0.2) is 4.98 Å². The van der Waals surface area contributed by atoms with Crippen LogP contribution in [0.3, 0.4) is 0 Å². The first kappa shape index (κ1) is 19.0. The molecule has 0 spiro atoms. The van der Waals surface area contributed by atoms with Crippen molar-refractivity contribution < 1.29 is 4.79 Å². The molecule has 0 unspecified atom stereocenters. The van der Waals surface area contributed by atoms with Crippen LogP contribution in [0.1, 0.15) is 16.7 Å². The number of pyridine rings is 2. The standard InChI is InChI=1S/C24H15ClN4O2/c1-12-13(11-26)3-2-4-16(12)23-17(10-18-20(30)5-6-27-24(18)29-23)14-7-15-9-21(31)28-22(15)19(25)8-14/h2-8,10H,9H2,1H3,(H,28,31)(H,27,29,30). The van der Waals surface area contributed by atoms with E-state index in [4.69, 9.17) is 16.6 Å². The van der Waals surface area contributed by atoms with Gasteiger partial charge in [-0.15, -0.1) is 0 Å². The van der Waals surface area contributed by atoms with Crippen LogP contribution >= 0.6 is 11.6 Å². The molecule has 0 aliphatic carbocycles. The lowest BCUT2D eigenvalue weighted by molar-refractivity contribution is -0.115. The average Bonchev–Trinajstić information content (AvgIpc) is 3.14. The van der Waals surface area contributed by atoms with Crippen LogP contribution in [0, 0.1) is 18.3 Å². The summed E-state index contributed by atoms with van der Waals surface area (Å²) in [6, 6.07) is 14.6. The van der Waals surface area contributed by atoms with E-state index in [1.54, 1.807) is 24.4 Å². The van der Waals surface area contributed by atoms with Gasteiger partial charge >= 0.3 is 0 Å². The summed E-state index contributed by atoms with van der Waals surface area (Å²) in [4.78, 5) is 32.2. The van der Waals surface area contributed by atoms with E-state index in [1.807, 2.05) is 25.1 Å². The van der Waals surface area contributed by atoms with Gasteiger partial charge < -0.3 is 10.3 Å². The van der Waals surface area contributed by atoms with E-state index in [-0.39, 0.29) is 17.8 Å². The molecule has 2 N–H and O–H groups in total. The van der Waals surface area contributed by atoms with Crippen molar-refractivity contribution in [2.75, 3.05) is 5.32 Å². The highest BCUT2D eigenvalue weighted by atomic mass is 35.5. The molecule has 0 fully saturated rings. The Balaban J connectivity index is 1.86. The number of hydrogen-bond acceptors (Lipinski definition) is 4. The molecular weight excluding hydrogens is 412 g/mol. The first-order valence-corrected chi connectivity index (χ1v) is 9.99. The number of aromatic nitrogens is 2. The van der Waals surface area contributed by atoms with Crippen molar-refractivity contribution >= 4 is 34.2 Å². The Morgan fingerprint density at radius 1 is 1.13 bits per heavy atom. The summed E-state index contributed by atoms with van der Waals surface area (Å²) in [5.41, 5.74) is 5.91. The van der Waals surface area contributed by atoms with E-state index in [0.717, 1.165) is 22.3 Å². The van der Waals surface area contributed by atoms with Crippen LogP contribution in [-0.2, 0) is 11.2 Å². The minimum atomic E-state index is -0.152. The van der Waals surface area contributed by atoms with E-state index < -0.39 is 0 Å². The van der Waals surface area contributed by atoms with Gasteiger partial charge in [0, 0.05) is 23.4 Å². The number of H-pyrrole nitrogens is 1. The summed E-state index contributed by atoms with van der Waals surface area (Å²) < 4.78 is 0. The third-order valence-corrected chi connectivity index (χ3v) is 5.85. The number of hydrogen-bond donors (Lipinski definition) is 2. The van der Waals surface area contributed by atoms with E-state index in [9.17, 15) is 14.9 Å². The topological polar surface area (TPSA) is 98.6 Å². The van der Waals surface area contributed by atoms with Crippen molar-refractivity contribution in [1.82, 2.24) is 9.97 Å². The van der Waals surface area contributed by atoms with Crippen LogP contribution in [0.4, 0.5) is 5.69 Å². The van der Waals surface area contributed by atoms with E-state index >= 15 is 0 Å². The Hall–Kier alpha value is -3.95. The van der Waals surface area contributed by atoms with Gasteiger partial charge in [0.1, 0.15) is 5.65 Å². The zero-order valence-corrected chi connectivity index (χ0v) is 17.2. The molecule has 0 bridgehead atoms. The summed E-state index contributed by atoms with van der Waals surface area (Å²) in [7, 11) is 0. The minimum Gasteiger partial charge on any atom is -0.346 e. The summed E-state index contributed by atoms with van der Waals surface area (Å²) in [5, 5.41) is 13.1. The highest BCUT2D eigenvalue weighted by Crippen LogP contribution is 2.40. The monoisotopic (exact) mass is 426 g/mol. The fourth-order valence-electron chi connectivity index (χ4n) is 3.99. The zero-order valence-electron chi connectivity index (χ0n) is 16.4. The van der Waals surface area contributed by atoms with Gasteiger partial charge in [-0.1, -0.05) is 23.7 Å². The Bertz CT molecular complexity index is 1520. The van der Waals surface area contributed by atoms with Crippen molar-refractivity contribution in [3.05, 3.63) is 80.6 Å². The van der Waals surface area contributed by atoms with Crippen molar-refractivity contribution in [1.29, 1.82) is 5.26 Å². The molecule has 2 aromatic carbocycles. The highest BCUT2D eigenvalue weighted by Gasteiger charge is 2.23. The Labute approximate surface area is 182 Å². The minimum absolute atomic E-state index is 0.111. The van der Waals surface area contributed by atoms with E-state index in [1.165, 1.54) is 6.07 Å². The molecule has 150 valence electrons. The molecule has 0 radical (unpaired) electrons. The van der Waals surface area contributed by atoms with Crippen LogP contribution in [0.15, 0.2) is 53.5 Å². The van der Waals surface area contributed by atoms with Crippen molar-refractivity contribution in [3.63, 3.8) is 0 Å². The molecular formula is C24H15ClN4O2. The number of benzene rings is 2. The van der Waals surface area contributed by atoms with Crippen molar-refractivity contribution in [2.24, 2.45) is 0 Å². The number of anilines is 1. The van der Waals surface area contributed by atoms with Crippen molar-refractivity contribution in [3.8, 4) is 28.5 Å². The predicted octanol–water partition coefficient (Wildman–Crippen LogP) is 4.59. The molecule has 3 heterocycles. The summed E-state index contributed by atoms with van der Waals surface area (Å²) >= 11 is 6.47. The number of nitrogens with zero attached hydrogens (tertiary/aromatic N) is 2. The third-order valence-electron chi connectivity index (χ3n) is 5.55. The lowest BCUT2D eigenvalue weighted by Gasteiger charge is -2.15. The molecule has 0 atom stereocenters. The van der Waals surface area contributed by atoms with Gasteiger partial charge in [-0.2, -0.15) is 5.26 Å². The van der Waals surface area contributed by atoms with Gasteiger partial charge in [0.15, 0.2) is 5.43 Å². The molecule has 1 aliphatic heterocycles. The van der Waals surface area contributed by atoms with Gasteiger partial charge in [0.2, 0.25) is 5.91 Å². The maximum absolute atomic E-state index is 12.5. The van der Waals surface area contributed by atoms with Crippen LogP contribution in [-0.4, -0.2) is 15.9 Å². The molecule has 2 aromatic heterocycles. The largest absolute Gasteiger partial charge is 0.346 e. The molecule has 0 saturated heterocycles. The van der Waals surface area contributed by atoms with Gasteiger partial charge in [0.05, 0.1) is 39.8 Å². The number of nitrogens with one attached hydrogen (secondary N) is 2. The molecule has 7 heteroatoms. The lowest BCUT2D eigenvalue weighted by Crippen LogP contribution is -2.04. The third kappa shape index (κ3) is 3.07. The van der Waals surface area contributed by atoms with Gasteiger partial charge in [-0.3, -0.25) is 9.59 Å². The van der Waals surface area contributed by atoms with Crippen LogP contribution < -0.4 is 10.7 Å². The van der Waals surface area contributed by atoms with Crippen LogP contribution in [0.2, 0.25) is 5.02 Å². The quantitative estimate of drug-likeness (QED) is 0.490. The van der Waals surface area contributed by atoms with Crippen molar-refractivity contribution in [2.45, 2.75) is 13.3 Å². The number of nitriles is 1. The zero-order chi connectivity index (χ0) is 21.7. The number of fused-ring (bicyclic) bond motifs is 2. The normalized spacial score (nSPS) is 12.5. The fourth-order valence-corrected chi connectivity index (χ4v) is 4.28. The Kier molecular flexibility index (Phi) is 4.35. The molecule has 6 nitrogen and oxygen atoms in total. The second-order valence-electron chi connectivity index (χ2n) is 7.43. The Morgan fingerprint density at radius 2 is 1.97 bits per heavy atom. The number of aromatic amines is 1. The van der Waals surface area contributed by atoms with Gasteiger partial charge in [0.25, 0.3) is 0 Å². The maximum atomic E-state index is 12.5. The van der Waals surface area contributed by atoms with Gasteiger partial charge in [-0.05, 0) is 47.9 Å². The van der Waals surface area contributed by atoms with Crippen LogP contribution in [0.25, 0.3) is 33.4 Å². The number of carbonyl (C=O) groups is 1. The number of rotatable bonds is 2. The van der Waals surface area contributed by atoms with Crippen LogP contribution in [0.5, 0.6) is 0 Å². The molecule has 1 amide bonds.